The van der Waals surface area contributed by atoms with Crippen LogP contribution in [0.25, 0.3) is 11.3 Å². The minimum atomic E-state index is -0.0740. The lowest BCUT2D eigenvalue weighted by molar-refractivity contribution is 0.0943. The molecule has 1 atom stereocenters. The van der Waals surface area contributed by atoms with Gasteiger partial charge in [0, 0.05) is 74.3 Å². The number of piperidine rings is 1. The molecule has 1 aliphatic heterocycles. The largest absolute Gasteiger partial charge is 0.497 e. The van der Waals surface area contributed by atoms with E-state index in [-0.39, 0.29) is 5.91 Å². The van der Waals surface area contributed by atoms with Gasteiger partial charge in [0.2, 0.25) is 0 Å². The number of nitrogens with zero attached hydrogens (tertiary/aromatic N) is 6. The van der Waals surface area contributed by atoms with E-state index in [0.29, 0.717) is 29.9 Å². The Morgan fingerprint density at radius 3 is 2.41 bits per heavy atom. The highest BCUT2D eigenvalue weighted by Gasteiger charge is 2.28. The van der Waals surface area contributed by atoms with E-state index in [1.165, 1.54) is 23.1 Å². The van der Waals surface area contributed by atoms with Gasteiger partial charge < -0.3 is 19.9 Å². The van der Waals surface area contributed by atoms with Crippen LogP contribution in [0.1, 0.15) is 58.9 Å². The highest BCUT2D eigenvalue weighted by Crippen LogP contribution is 2.29. The summed E-state index contributed by atoms with van der Waals surface area (Å²) in [6, 6.07) is 13.2. The molecule has 1 aliphatic rings. The first kappa shape index (κ1) is 31.1. The standard InChI is InChI=1S/C35H43N7O2/c1-24-10-14-36-21-29(24)22-42(30-6-8-32(44-5)9-7-30)31-12-16-41(17-13-31)26(3)11-15-39-35(43)34-25(2)18-33(40-27(34)4)28-19-37-23-38-20-28/h6-10,14,18-21,23,26,31H,11-13,15-17,22H2,1-5H3,(H,39,43). The second kappa shape index (κ2) is 14.4. The smallest absolute Gasteiger partial charge is 0.253 e. The Bertz CT molecular complexity index is 1510. The number of carbonyl (C=O) groups excluding carboxylic acids is 1. The number of carbonyl (C=O) groups is 1. The van der Waals surface area contributed by atoms with Crippen LogP contribution in [0.2, 0.25) is 0 Å². The van der Waals surface area contributed by atoms with Gasteiger partial charge in [-0.25, -0.2) is 9.97 Å². The van der Waals surface area contributed by atoms with Crippen molar-refractivity contribution in [3.8, 4) is 17.0 Å². The van der Waals surface area contributed by atoms with Gasteiger partial charge >= 0.3 is 0 Å². The van der Waals surface area contributed by atoms with E-state index >= 15 is 0 Å². The van der Waals surface area contributed by atoms with Crippen LogP contribution in [0.5, 0.6) is 5.75 Å². The van der Waals surface area contributed by atoms with Crippen LogP contribution in [0.4, 0.5) is 5.69 Å². The van der Waals surface area contributed by atoms with Gasteiger partial charge in [-0.2, -0.15) is 0 Å². The predicted octanol–water partition coefficient (Wildman–Crippen LogP) is 5.55. The number of pyridine rings is 2. The molecule has 0 aliphatic carbocycles. The number of amides is 1. The first-order chi connectivity index (χ1) is 21.3. The minimum absolute atomic E-state index is 0.0740. The Hall–Kier alpha value is -4.37. The Morgan fingerprint density at radius 1 is 1.02 bits per heavy atom. The van der Waals surface area contributed by atoms with E-state index in [0.717, 1.165) is 61.5 Å². The third kappa shape index (κ3) is 7.39. The first-order valence-corrected chi connectivity index (χ1v) is 15.4. The molecule has 1 amide bonds. The number of anilines is 1. The van der Waals surface area contributed by atoms with Crippen molar-refractivity contribution >= 4 is 11.6 Å². The Kier molecular flexibility index (Phi) is 10.2. The molecule has 9 nitrogen and oxygen atoms in total. The number of aryl methyl sites for hydroxylation is 3. The fraction of sp³-hybridized carbons (Fsp3) is 0.400. The second-order valence-electron chi connectivity index (χ2n) is 11.7. The molecule has 1 fully saturated rings. The number of hydrogen-bond donors (Lipinski definition) is 1. The summed E-state index contributed by atoms with van der Waals surface area (Å²) in [5.41, 5.74) is 7.56. The highest BCUT2D eigenvalue weighted by atomic mass is 16.5. The summed E-state index contributed by atoms with van der Waals surface area (Å²) in [6.45, 7) is 11.7. The van der Waals surface area contributed by atoms with E-state index in [1.54, 1.807) is 19.5 Å². The lowest BCUT2D eigenvalue weighted by Gasteiger charge is -2.42. The van der Waals surface area contributed by atoms with Gasteiger partial charge in [-0.1, -0.05) is 0 Å². The molecule has 1 N–H and O–H groups in total. The summed E-state index contributed by atoms with van der Waals surface area (Å²) in [7, 11) is 1.70. The maximum Gasteiger partial charge on any atom is 0.253 e. The lowest BCUT2D eigenvalue weighted by atomic mass is 9.99. The first-order valence-electron chi connectivity index (χ1n) is 15.4. The molecule has 5 rings (SSSR count). The summed E-state index contributed by atoms with van der Waals surface area (Å²) in [6.07, 6.45) is 11.8. The highest BCUT2D eigenvalue weighted by molar-refractivity contribution is 5.97. The molecule has 1 unspecified atom stereocenters. The molecule has 1 aromatic carbocycles. The summed E-state index contributed by atoms with van der Waals surface area (Å²) >= 11 is 0. The summed E-state index contributed by atoms with van der Waals surface area (Å²) in [5, 5.41) is 3.15. The van der Waals surface area contributed by atoms with E-state index < -0.39 is 0 Å². The fourth-order valence-corrected chi connectivity index (χ4v) is 6.11. The summed E-state index contributed by atoms with van der Waals surface area (Å²) in [4.78, 5) is 35.5. The Morgan fingerprint density at radius 2 is 1.75 bits per heavy atom. The number of aromatic nitrogens is 4. The Balaban J connectivity index is 1.16. The van der Waals surface area contributed by atoms with Crippen molar-refractivity contribution in [3.05, 3.63) is 95.5 Å². The molecular formula is C35H43N7O2. The average molecular weight is 594 g/mol. The van der Waals surface area contributed by atoms with Gasteiger partial charge in [-0.15, -0.1) is 0 Å². The van der Waals surface area contributed by atoms with Crippen LogP contribution in [0, 0.1) is 20.8 Å². The molecule has 4 aromatic rings. The van der Waals surface area contributed by atoms with Crippen molar-refractivity contribution in [1.29, 1.82) is 0 Å². The summed E-state index contributed by atoms with van der Waals surface area (Å²) in [5.74, 6) is 0.790. The van der Waals surface area contributed by atoms with E-state index in [9.17, 15) is 4.79 Å². The topological polar surface area (TPSA) is 96.4 Å². The number of likely N-dealkylation sites (tertiary alicyclic amines) is 1. The molecule has 3 aromatic heterocycles. The van der Waals surface area contributed by atoms with Crippen LogP contribution in [0.15, 0.2) is 67.5 Å². The summed E-state index contributed by atoms with van der Waals surface area (Å²) < 4.78 is 5.41. The molecule has 4 heterocycles. The van der Waals surface area contributed by atoms with Crippen LogP contribution in [-0.2, 0) is 6.54 Å². The van der Waals surface area contributed by atoms with Crippen LogP contribution in [0.3, 0.4) is 0 Å². The molecule has 0 spiro atoms. The molecule has 230 valence electrons. The van der Waals surface area contributed by atoms with Gasteiger partial charge in [0.25, 0.3) is 5.91 Å². The molecule has 0 bridgehead atoms. The number of hydrogen-bond acceptors (Lipinski definition) is 8. The molecule has 44 heavy (non-hydrogen) atoms. The van der Waals surface area contributed by atoms with Crippen molar-refractivity contribution in [3.63, 3.8) is 0 Å². The minimum Gasteiger partial charge on any atom is -0.497 e. The number of benzene rings is 1. The van der Waals surface area contributed by atoms with Crippen LogP contribution < -0.4 is 15.0 Å². The molecule has 0 saturated carbocycles. The maximum absolute atomic E-state index is 13.2. The predicted molar refractivity (Wildman–Crippen MR) is 174 cm³/mol. The zero-order chi connectivity index (χ0) is 31.1. The van der Waals surface area contributed by atoms with E-state index in [1.807, 2.05) is 44.4 Å². The van der Waals surface area contributed by atoms with E-state index in [2.05, 4.69) is 67.1 Å². The molecule has 1 saturated heterocycles. The van der Waals surface area contributed by atoms with Crippen molar-refractivity contribution in [2.75, 3.05) is 31.6 Å². The van der Waals surface area contributed by atoms with Crippen molar-refractivity contribution in [1.82, 2.24) is 30.2 Å². The molecule has 0 radical (unpaired) electrons. The number of methoxy groups -OCH3 is 1. The number of ether oxygens (including phenoxy) is 1. The van der Waals surface area contributed by atoms with Gasteiger partial charge in [-0.3, -0.25) is 14.8 Å². The molecular weight excluding hydrogens is 550 g/mol. The third-order valence-corrected chi connectivity index (χ3v) is 8.78. The van der Waals surface area contributed by atoms with Crippen LogP contribution in [-0.4, -0.2) is 69.6 Å². The SMILES string of the molecule is COc1ccc(N(Cc2cnccc2C)C2CCN(C(C)CCNC(=O)c3c(C)cc(-c4cncnc4)nc3C)CC2)cc1. The van der Waals surface area contributed by atoms with Gasteiger partial charge in [0.15, 0.2) is 0 Å². The van der Waals surface area contributed by atoms with Gasteiger partial charge in [0.1, 0.15) is 12.1 Å². The van der Waals surface area contributed by atoms with Crippen LogP contribution >= 0.6 is 0 Å². The Labute approximate surface area is 260 Å². The quantitative estimate of drug-likeness (QED) is 0.242. The zero-order valence-corrected chi connectivity index (χ0v) is 26.5. The number of nitrogens with one attached hydrogen (secondary N) is 1. The third-order valence-electron chi connectivity index (χ3n) is 8.78. The zero-order valence-electron chi connectivity index (χ0n) is 26.5. The van der Waals surface area contributed by atoms with Gasteiger partial charge in [0.05, 0.1) is 24.1 Å². The lowest BCUT2D eigenvalue weighted by Crippen LogP contribution is -2.48. The average Bonchev–Trinajstić information content (AvgIpc) is 3.04. The monoisotopic (exact) mass is 593 g/mol. The normalized spacial score (nSPS) is 14.7. The maximum atomic E-state index is 13.2. The number of rotatable bonds is 11. The second-order valence-corrected chi connectivity index (χ2v) is 11.7. The van der Waals surface area contributed by atoms with Gasteiger partial charge in [-0.05, 0) is 100 Å². The van der Waals surface area contributed by atoms with Crippen molar-refractivity contribution < 1.29 is 9.53 Å². The fourth-order valence-electron chi connectivity index (χ4n) is 6.11. The van der Waals surface area contributed by atoms with E-state index in [4.69, 9.17) is 4.74 Å². The molecule has 9 heteroatoms. The van der Waals surface area contributed by atoms with Crippen molar-refractivity contribution in [2.45, 2.75) is 65.6 Å². The van der Waals surface area contributed by atoms with Crippen molar-refractivity contribution in [2.24, 2.45) is 0 Å².